The van der Waals surface area contributed by atoms with Gasteiger partial charge in [-0.2, -0.15) is 0 Å². The smallest absolute Gasteiger partial charge is 0.327 e. The van der Waals surface area contributed by atoms with Crippen molar-refractivity contribution >= 4 is 23.8 Å². The van der Waals surface area contributed by atoms with E-state index in [2.05, 4.69) is 6.58 Å². The lowest BCUT2D eigenvalue weighted by Crippen LogP contribution is -2.51. The highest BCUT2D eigenvalue weighted by atomic mass is 32.2. The molecule has 0 aromatic heterocycles. The maximum atomic E-state index is 12.5. The summed E-state index contributed by atoms with van der Waals surface area (Å²) < 4.78 is 0. The third kappa shape index (κ3) is 3.91. The van der Waals surface area contributed by atoms with Crippen LogP contribution in [0.15, 0.2) is 12.7 Å². The summed E-state index contributed by atoms with van der Waals surface area (Å²) in [6.07, 6.45) is 3.51. The van der Waals surface area contributed by atoms with Crippen LogP contribution in [-0.4, -0.2) is 57.7 Å². The van der Waals surface area contributed by atoms with Crippen molar-refractivity contribution in [3.05, 3.63) is 12.7 Å². The fourth-order valence-corrected chi connectivity index (χ4v) is 3.70. The summed E-state index contributed by atoms with van der Waals surface area (Å²) in [7, 11) is 1.73. The van der Waals surface area contributed by atoms with Crippen LogP contribution in [0.3, 0.4) is 0 Å². The number of carboxylic acids is 1. The number of hydrogen-bond donors (Lipinski definition) is 1. The molecular formula is C14H24N2O3S. The number of amides is 2. The van der Waals surface area contributed by atoms with Crippen molar-refractivity contribution in [2.75, 3.05) is 19.3 Å². The molecule has 0 aliphatic carbocycles. The quantitative estimate of drug-likeness (QED) is 0.605. The van der Waals surface area contributed by atoms with Crippen LogP contribution in [0.1, 0.15) is 26.7 Å². The highest BCUT2D eigenvalue weighted by molar-refractivity contribution is 8.00. The van der Waals surface area contributed by atoms with E-state index < -0.39 is 12.0 Å². The number of carboxylic acid groups (broad SMARTS) is 1. The van der Waals surface area contributed by atoms with Gasteiger partial charge in [0.25, 0.3) is 0 Å². The first-order valence-electron chi connectivity index (χ1n) is 6.88. The van der Waals surface area contributed by atoms with E-state index in [9.17, 15) is 14.7 Å². The molecule has 0 aromatic carbocycles. The molecule has 0 radical (unpaired) electrons. The molecule has 114 valence electrons. The standard InChI is InChI=1S/C14H24N2O3S/c1-5-6-7-8-15(4)14(19)16-11(13(17)18)9-20-12(16)10(2)3/h5,10-12H,1,6-9H2,2-4H3,(H,17,18). The number of hydrogen-bond acceptors (Lipinski definition) is 3. The molecule has 1 saturated heterocycles. The lowest BCUT2D eigenvalue weighted by atomic mass is 10.1. The van der Waals surface area contributed by atoms with Gasteiger partial charge in [-0.05, 0) is 18.8 Å². The Bertz CT molecular complexity index is 373. The first-order valence-corrected chi connectivity index (χ1v) is 7.93. The van der Waals surface area contributed by atoms with Gasteiger partial charge in [0, 0.05) is 19.3 Å². The van der Waals surface area contributed by atoms with Gasteiger partial charge in [-0.1, -0.05) is 19.9 Å². The number of aliphatic carboxylic acids is 1. The maximum Gasteiger partial charge on any atom is 0.327 e. The van der Waals surface area contributed by atoms with Gasteiger partial charge < -0.3 is 10.0 Å². The SMILES string of the molecule is C=CCCCN(C)C(=O)N1C(C(=O)O)CSC1C(C)C. The Kier molecular flexibility index (Phi) is 6.39. The van der Waals surface area contributed by atoms with Crippen molar-refractivity contribution in [2.45, 2.75) is 38.1 Å². The Labute approximate surface area is 125 Å². The number of unbranched alkanes of at least 4 members (excludes halogenated alkanes) is 1. The van der Waals surface area contributed by atoms with Crippen LogP contribution >= 0.6 is 11.8 Å². The van der Waals surface area contributed by atoms with Crippen LogP contribution in [0.5, 0.6) is 0 Å². The molecule has 2 amide bonds. The van der Waals surface area contributed by atoms with Gasteiger partial charge in [-0.3, -0.25) is 4.90 Å². The number of rotatable bonds is 6. The average Bonchev–Trinajstić information content (AvgIpc) is 2.82. The van der Waals surface area contributed by atoms with Crippen molar-refractivity contribution < 1.29 is 14.7 Å². The summed E-state index contributed by atoms with van der Waals surface area (Å²) in [6, 6.07) is -0.910. The minimum atomic E-state index is -0.923. The predicted molar refractivity (Wildman–Crippen MR) is 81.8 cm³/mol. The van der Waals surface area contributed by atoms with Crippen LogP contribution < -0.4 is 0 Å². The predicted octanol–water partition coefficient (Wildman–Crippen LogP) is 2.49. The Morgan fingerprint density at radius 3 is 2.70 bits per heavy atom. The van der Waals surface area contributed by atoms with Gasteiger partial charge in [-0.25, -0.2) is 9.59 Å². The molecule has 20 heavy (non-hydrogen) atoms. The lowest BCUT2D eigenvalue weighted by Gasteiger charge is -2.33. The molecule has 5 nitrogen and oxygen atoms in total. The van der Waals surface area contributed by atoms with Crippen LogP contribution in [0, 0.1) is 5.92 Å². The summed E-state index contributed by atoms with van der Waals surface area (Å²) in [5.74, 6) is -0.229. The lowest BCUT2D eigenvalue weighted by molar-refractivity contribution is -0.141. The number of carbonyl (C=O) groups excluding carboxylic acids is 1. The molecule has 2 atom stereocenters. The van der Waals surface area contributed by atoms with Crippen LogP contribution in [0.2, 0.25) is 0 Å². The molecule has 1 aliphatic heterocycles. The van der Waals surface area contributed by atoms with Crippen molar-refractivity contribution in [2.24, 2.45) is 5.92 Å². The second-order valence-electron chi connectivity index (χ2n) is 5.36. The largest absolute Gasteiger partial charge is 0.480 e. The molecule has 0 aromatic rings. The number of allylic oxidation sites excluding steroid dienone is 1. The van der Waals surface area contributed by atoms with Crippen LogP contribution in [0.25, 0.3) is 0 Å². The van der Waals surface area contributed by atoms with Crippen molar-refractivity contribution in [1.82, 2.24) is 9.80 Å². The Morgan fingerprint density at radius 1 is 1.55 bits per heavy atom. The van der Waals surface area contributed by atoms with Gasteiger partial charge in [0.05, 0.1) is 5.37 Å². The fraction of sp³-hybridized carbons (Fsp3) is 0.714. The summed E-state index contributed by atoms with van der Waals surface area (Å²) >= 11 is 1.55. The number of thioether (sulfide) groups is 1. The molecule has 2 unspecified atom stereocenters. The van der Waals surface area contributed by atoms with Gasteiger partial charge in [0.15, 0.2) is 0 Å². The minimum absolute atomic E-state index is 0.0644. The van der Waals surface area contributed by atoms with Gasteiger partial charge >= 0.3 is 12.0 Å². The highest BCUT2D eigenvalue weighted by Gasteiger charge is 2.43. The molecule has 0 spiro atoms. The zero-order valence-electron chi connectivity index (χ0n) is 12.4. The summed E-state index contributed by atoms with van der Waals surface area (Å²) in [5, 5.41) is 9.22. The Morgan fingerprint density at radius 2 is 2.20 bits per heavy atom. The second-order valence-corrected chi connectivity index (χ2v) is 6.51. The molecule has 1 fully saturated rings. The van der Waals surface area contributed by atoms with Gasteiger partial charge in [0.2, 0.25) is 0 Å². The van der Waals surface area contributed by atoms with E-state index in [-0.39, 0.29) is 17.3 Å². The third-order valence-corrected chi connectivity index (χ3v) is 4.96. The summed E-state index contributed by atoms with van der Waals surface area (Å²) in [4.78, 5) is 27.0. The third-order valence-electron chi connectivity index (χ3n) is 3.34. The van der Waals surface area contributed by atoms with Crippen molar-refractivity contribution in [3.63, 3.8) is 0 Å². The zero-order valence-corrected chi connectivity index (χ0v) is 13.2. The summed E-state index contributed by atoms with van der Waals surface area (Å²) in [6.45, 7) is 8.30. The molecule has 0 saturated carbocycles. The fourth-order valence-electron chi connectivity index (χ4n) is 2.24. The van der Waals surface area contributed by atoms with Crippen molar-refractivity contribution in [1.29, 1.82) is 0 Å². The normalized spacial score (nSPS) is 22.1. The molecular weight excluding hydrogens is 276 g/mol. The molecule has 6 heteroatoms. The topological polar surface area (TPSA) is 60.9 Å². The number of urea groups is 1. The first kappa shape index (κ1) is 16.9. The van der Waals surface area contributed by atoms with Gasteiger partial charge in [-0.15, -0.1) is 18.3 Å². The Balaban J connectivity index is 2.77. The molecule has 1 N–H and O–H groups in total. The minimum Gasteiger partial charge on any atom is -0.480 e. The number of nitrogens with zero attached hydrogens (tertiary/aromatic N) is 2. The monoisotopic (exact) mass is 300 g/mol. The first-order chi connectivity index (χ1) is 9.40. The molecule has 1 heterocycles. The van der Waals surface area contributed by atoms with E-state index >= 15 is 0 Å². The van der Waals surface area contributed by atoms with E-state index in [1.807, 2.05) is 19.9 Å². The summed E-state index contributed by atoms with van der Waals surface area (Å²) in [5.41, 5.74) is 0. The Hall–Kier alpha value is -1.17. The van der Waals surface area contributed by atoms with Crippen LogP contribution in [-0.2, 0) is 4.79 Å². The molecule has 1 aliphatic rings. The number of carbonyl (C=O) groups is 2. The molecule has 1 rings (SSSR count). The van der Waals surface area contributed by atoms with E-state index in [0.717, 1.165) is 12.8 Å². The van der Waals surface area contributed by atoms with E-state index in [1.165, 1.54) is 4.90 Å². The maximum absolute atomic E-state index is 12.5. The zero-order chi connectivity index (χ0) is 15.3. The van der Waals surface area contributed by atoms with E-state index in [0.29, 0.717) is 12.3 Å². The molecule has 0 bridgehead atoms. The highest BCUT2D eigenvalue weighted by Crippen LogP contribution is 2.34. The van der Waals surface area contributed by atoms with Crippen LogP contribution in [0.4, 0.5) is 4.79 Å². The average molecular weight is 300 g/mol. The van der Waals surface area contributed by atoms with Gasteiger partial charge in [0.1, 0.15) is 6.04 Å². The van der Waals surface area contributed by atoms with E-state index in [1.54, 1.807) is 23.7 Å². The van der Waals surface area contributed by atoms with Crippen molar-refractivity contribution in [3.8, 4) is 0 Å². The second kappa shape index (κ2) is 7.57. The van der Waals surface area contributed by atoms with E-state index in [4.69, 9.17) is 0 Å².